The number of carbonyl (C=O) groups excluding carboxylic acids is 3. The summed E-state index contributed by atoms with van der Waals surface area (Å²) in [6.45, 7) is 21.3. The van der Waals surface area contributed by atoms with Gasteiger partial charge in [-0.05, 0) is 100 Å². The first-order valence-electron chi connectivity index (χ1n) is 23.9. The molecule has 4 aliphatic carbocycles. The van der Waals surface area contributed by atoms with Gasteiger partial charge < -0.3 is 33.3 Å². The Balaban J connectivity index is 1.25. The Hall–Kier alpha value is -5.23. The minimum absolute atomic E-state index is 0.0480. The molecule has 11 rings (SSSR count). The average molecular weight is 897 g/mol. The monoisotopic (exact) mass is 896 g/mol. The summed E-state index contributed by atoms with van der Waals surface area (Å²) in [5.74, 6) is 0.456. The molecule has 11 nitrogen and oxygen atoms in total. The third kappa shape index (κ3) is 6.57. The van der Waals surface area contributed by atoms with Crippen molar-refractivity contribution in [1.29, 1.82) is 0 Å². The molecular formula is C55H64N2O9. The third-order valence-electron chi connectivity index (χ3n) is 15.7. The summed E-state index contributed by atoms with van der Waals surface area (Å²) in [7, 11) is 3.51. The first-order valence-corrected chi connectivity index (χ1v) is 23.9. The number of esters is 1. The first-order chi connectivity index (χ1) is 31.4. The third-order valence-corrected chi connectivity index (χ3v) is 15.7. The van der Waals surface area contributed by atoms with Gasteiger partial charge in [0.15, 0.2) is 22.8 Å². The van der Waals surface area contributed by atoms with E-state index in [-0.39, 0.29) is 23.9 Å². The number of Topliss-reactive ketones (excluding diaryl/α,β-unsaturated/α-hetero) is 2. The molecule has 348 valence electrons. The average Bonchev–Trinajstić information content (AvgIpc) is 3.64. The van der Waals surface area contributed by atoms with E-state index in [9.17, 15) is 9.59 Å². The highest BCUT2D eigenvalue weighted by atomic mass is 16.6. The van der Waals surface area contributed by atoms with Crippen molar-refractivity contribution in [2.45, 2.75) is 110 Å². The molecule has 1 spiro atoms. The summed E-state index contributed by atoms with van der Waals surface area (Å²) in [5.41, 5.74) is 2.98. The van der Waals surface area contributed by atoms with Crippen molar-refractivity contribution >= 4 is 35.1 Å². The zero-order valence-corrected chi connectivity index (χ0v) is 40.3. The number of ether oxygens (including phenoxy) is 6. The van der Waals surface area contributed by atoms with Crippen LogP contribution in [0.4, 0.5) is 0 Å². The zero-order valence-electron chi connectivity index (χ0n) is 40.3. The Kier molecular flexibility index (Phi) is 10.8. The van der Waals surface area contributed by atoms with E-state index >= 15 is 4.79 Å². The lowest BCUT2D eigenvalue weighted by molar-refractivity contribution is -0.181. The molecule has 5 aliphatic heterocycles. The van der Waals surface area contributed by atoms with Gasteiger partial charge in [0.05, 0.1) is 23.8 Å². The smallest absolute Gasteiger partial charge is 0.333 e. The van der Waals surface area contributed by atoms with Gasteiger partial charge in [-0.15, -0.1) is 0 Å². The Morgan fingerprint density at radius 2 is 1.64 bits per heavy atom. The van der Waals surface area contributed by atoms with Crippen LogP contribution < -0.4 is 14.2 Å². The van der Waals surface area contributed by atoms with Crippen molar-refractivity contribution in [2.75, 3.05) is 53.5 Å². The van der Waals surface area contributed by atoms with Crippen LogP contribution in [0.5, 0.6) is 17.2 Å². The van der Waals surface area contributed by atoms with Crippen molar-refractivity contribution in [3.8, 4) is 17.2 Å². The van der Waals surface area contributed by atoms with Gasteiger partial charge in [0.1, 0.15) is 46.5 Å². The molecule has 66 heavy (non-hydrogen) atoms. The fourth-order valence-corrected chi connectivity index (χ4v) is 12.3. The van der Waals surface area contributed by atoms with Crippen molar-refractivity contribution in [1.82, 2.24) is 9.80 Å². The Bertz CT molecular complexity index is 2650. The van der Waals surface area contributed by atoms with E-state index in [0.717, 1.165) is 67.8 Å². The van der Waals surface area contributed by atoms with Crippen molar-refractivity contribution in [2.24, 2.45) is 17.8 Å². The van der Waals surface area contributed by atoms with Crippen LogP contribution in [0.3, 0.4) is 0 Å². The molecule has 2 saturated heterocycles. The number of hydrogen-bond acceptors (Lipinski definition) is 11. The molecule has 5 fully saturated rings. The van der Waals surface area contributed by atoms with Gasteiger partial charge in [0, 0.05) is 84.7 Å². The number of hydrogen-bond donors (Lipinski definition) is 0. The zero-order chi connectivity index (χ0) is 46.7. The molecule has 6 unspecified atom stereocenters. The van der Waals surface area contributed by atoms with E-state index in [4.69, 9.17) is 28.4 Å². The SMILES string of the molecule is COC(=O)C(C)=CCC12OC(C)(C)C3CC(C1=O)C1C4=C(OC5=C1C32Oc1c(CC=C(C)C)c2c(c(OCCN3CCN(C)CC3)c15)C=CC(C)(CCC=C(C)C)O2)c1ccccc1C4=O. The van der Waals surface area contributed by atoms with Crippen molar-refractivity contribution < 1.29 is 42.8 Å². The molecule has 11 heteroatoms. The van der Waals surface area contributed by atoms with Crippen LogP contribution in [-0.4, -0.2) is 103 Å². The number of allylic oxidation sites excluding steroid dienone is 5. The summed E-state index contributed by atoms with van der Waals surface area (Å²) >= 11 is 0. The number of benzene rings is 2. The summed E-state index contributed by atoms with van der Waals surface area (Å²) in [6, 6.07) is 7.57. The highest BCUT2D eigenvalue weighted by molar-refractivity contribution is 6.22. The fourth-order valence-electron chi connectivity index (χ4n) is 12.3. The summed E-state index contributed by atoms with van der Waals surface area (Å²) in [5, 5.41) is 0. The largest absolute Gasteiger partial charge is 0.491 e. The number of rotatable bonds is 12. The van der Waals surface area contributed by atoms with Gasteiger partial charge in [-0.2, -0.15) is 0 Å². The predicted octanol–water partition coefficient (Wildman–Crippen LogP) is 9.10. The summed E-state index contributed by atoms with van der Waals surface area (Å²) in [4.78, 5) is 48.4. The van der Waals surface area contributed by atoms with Gasteiger partial charge in [-0.3, -0.25) is 14.5 Å². The normalized spacial score (nSPS) is 29.8. The van der Waals surface area contributed by atoms with E-state index < -0.39 is 40.2 Å². The van der Waals surface area contributed by atoms with Gasteiger partial charge >= 0.3 is 5.97 Å². The minimum atomic E-state index is -1.59. The Labute approximate surface area is 389 Å². The summed E-state index contributed by atoms with van der Waals surface area (Å²) in [6.07, 6.45) is 13.0. The molecular weight excluding hydrogens is 833 g/mol. The molecule has 2 aromatic carbocycles. The maximum absolute atomic E-state index is 15.9. The second-order valence-electron chi connectivity index (χ2n) is 21.0. The lowest BCUT2D eigenvalue weighted by Gasteiger charge is -2.62. The Morgan fingerprint density at radius 3 is 2.35 bits per heavy atom. The van der Waals surface area contributed by atoms with E-state index in [1.807, 2.05) is 38.1 Å². The van der Waals surface area contributed by atoms with Gasteiger partial charge in [0.2, 0.25) is 0 Å². The van der Waals surface area contributed by atoms with Crippen molar-refractivity contribution in [3.05, 3.63) is 104 Å². The molecule has 3 saturated carbocycles. The molecule has 4 bridgehead atoms. The number of fused-ring (bicyclic) bond motifs is 5. The number of nitrogens with zero attached hydrogens (tertiary/aromatic N) is 2. The van der Waals surface area contributed by atoms with Crippen LogP contribution >= 0.6 is 0 Å². The first kappa shape index (κ1) is 44.6. The van der Waals surface area contributed by atoms with E-state index in [1.165, 1.54) is 12.7 Å². The maximum Gasteiger partial charge on any atom is 0.333 e. The number of carbonyl (C=O) groups is 3. The lowest BCUT2D eigenvalue weighted by Crippen LogP contribution is -2.75. The van der Waals surface area contributed by atoms with Gasteiger partial charge in [0.25, 0.3) is 0 Å². The van der Waals surface area contributed by atoms with Crippen LogP contribution in [-0.2, 0) is 30.2 Å². The molecule has 5 heterocycles. The fraction of sp³-hybridized carbons (Fsp3) is 0.509. The van der Waals surface area contributed by atoms with Crippen LogP contribution in [0.15, 0.2) is 76.4 Å². The highest BCUT2D eigenvalue weighted by Crippen LogP contribution is 2.75. The number of methoxy groups -OCH3 is 1. The molecule has 6 atom stereocenters. The van der Waals surface area contributed by atoms with E-state index in [2.05, 4.69) is 75.8 Å². The second kappa shape index (κ2) is 15.9. The van der Waals surface area contributed by atoms with Crippen molar-refractivity contribution in [3.63, 3.8) is 0 Å². The second-order valence-corrected chi connectivity index (χ2v) is 21.0. The quantitative estimate of drug-likeness (QED) is 0.116. The minimum Gasteiger partial charge on any atom is -0.491 e. The van der Waals surface area contributed by atoms with Crippen LogP contribution in [0.25, 0.3) is 17.6 Å². The molecule has 0 aromatic heterocycles. The van der Waals surface area contributed by atoms with E-state index in [1.54, 1.807) is 13.0 Å². The van der Waals surface area contributed by atoms with Crippen LogP contribution in [0.1, 0.15) is 114 Å². The van der Waals surface area contributed by atoms with Crippen LogP contribution in [0, 0.1) is 17.8 Å². The van der Waals surface area contributed by atoms with E-state index in [0.29, 0.717) is 76.1 Å². The van der Waals surface area contributed by atoms with Gasteiger partial charge in [-0.25, -0.2) is 4.79 Å². The molecule has 0 radical (unpaired) electrons. The molecule has 0 N–H and O–H groups in total. The number of piperazine rings is 1. The molecule has 0 amide bonds. The summed E-state index contributed by atoms with van der Waals surface area (Å²) < 4.78 is 42.3. The standard InChI is InChI=1S/C55H64N2O9/c1-31(2)14-13-21-53(8)22-20-37-45(64-53)36(18-17-32(3)4)48-42(46(37)62-29-28-57-26-24-56(9)25-27-57)49-43-40(41-44(58)34-15-11-12-16-35(34)47(41)63-49)38-30-39-52(6,7)66-54(50(38)59,55(39,43)65-48)23-19-33(5)51(60)61-10/h11-12,14-17,19-20,22,38-40H,13,18,21,23-30H2,1-10H3. The number of likely N-dealkylation sites (N-methyl/N-ethyl adjacent to an activating group) is 1. The Morgan fingerprint density at radius 1 is 0.909 bits per heavy atom. The molecule has 9 aliphatic rings. The highest BCUT2D eigenvalue weighted by Gasteiger charge is 2.84. The maximum atomic E-state index is 15.9. The molecule has 2 aromatic rings. The van der Waals surface area contributed by atoms with Crippen LogP contribution in [0.2, 0.25) is 0 Å². The topological polar surface area (TPSA) is 113 Å². The van der Waals surface area contributed by atoms with Gasteiger partial charge in [-0.1, -0.05) is 53.6 Å². The predicted molar refractivity (Wildman–Crippen MR) is 253 cm³/mol. The number of ketones is 2. The lowest BCUT2D eigenvalue weighted by atomic mass is 9.45.